The van der Waals surface area contributed by atoms with Crippen LogP contribution in [0.25, 0.3) is 10.8 Å². The minimum atomic E-state index is -0.0812. The van der Waals surface area contributed by atoms with Crippen LogP contribution in [-0.2, 0) is 0 Å². The van der Waals surface area contributed by atoms with E-state index in [1.165, 1.54) is 0 Å². The summed E-state index contributed by atoms with van der Waals surface area (Å²) in [6, 6.07) is 9.76. The summed E-state index contributed by atoms with van der Waals surface area (Å²) in [7, 11) is 1.84. The van der Waals surface area contributed by atoms with E-state index in [4.69, 9.17) is 4.52 Å². The van der Waals surface area contributed by atoms with E-state index in [-0.39, 0.29) is 17.9 Å². The van der Waals surface area contributed by atoms with Crippen molar-refractivity contribution < 1.29 is 14.1 Å². The molecular formula is C23H26N4O3. The van der Waals surface area contributed by atoms with Crippen LogP contribution in [0.15, 0.2) is 41.1 Å². The van der Waals surface area contributed by atoms with Gasteiger partial charge in [0.05, 0.1) is 5.69 Å². The Morgan fingerprint density at radius 3 is 2.70 bits per heavy atom. The number of aryl methyl sites for hydroxylation is 2. The Morgan fingerprint density at radius 2 is 1.93 bits per heavy atom. The molecule has 1 atom stereocenters. The number of rotatable bonds is 3. The number of carbonyl (C=O) groups excluding carboxylic acids is 2. The summed E-state index contributed by atoms with van der Waals surface area (Å²) in [4.78, 5) is 34.2. The molecule has 0 spiro atoms. The van der Waals surface area contributed by atoms with Crippen LogP contribution in [0.4, 0.5) is 0 Å². The Kier molecular flexibility index (Phi) is 5.53. The Labute approximate surface area is 175 Å². The van der Waals surface area contributed by atoms with E-state index in [2.05, 4.69) is 10.1 Å². The number of pyridine rings is 1. The quantitative estimate of drug-likeness (QED) is 0.664. The zero-order chi connectivity index (χ0) is 21.3. The lowest BCUT2D eigenvalue weighted by molar-refractivity contribution is 0.0706. The lowest BCUT2D eigenvalue weighted by atomic mass is 10.1. The molecule has 1 aliphatic rings. The molecule has 7 nitrogen and oxygen atoms in total. The average Bonchev–Trinajstić information content (AvgIpc) is 2.95. The van der Waals surface area contributed by atoms with E-state index >= 15 is 0 Å². The van der Waals surface area contributed by atoms with Crippen molar-refractivity contribution in [3.8, 4) is 0 Å². The van der Waals surface area contributed by atoms with Gasteiger partial charge in [-0.25, -0.2) is 0 Å². The third kappa shape index (κ3) is 3.67. The first kappa shape index (κ1) is 20.1. The van der Waals surface area contributed by atoms with Crippen molar-refractivity contribution in [3.05, 3.63) is 59.2 Å². The topological polar surface area (TPSA) is 79.5 Å². The van der Waals surface area contributed by atoms with Gasteiger partial charge in [-0.2, -0.15) is 0 Å². The van der Waals surface area contributed by atoms with Crippen LogP contribution in [0.5, 0.6) is 0 Å². The average molecular weight is 406 g/mol. The van der Waals surface area contributed by atoms with E-state index in [9.17, 15) is 9.59 Å². The summed E-state index contributed by atoms with van der Waals surface area (Å²) in [6.45, 7) is 4.80. The van der Waals surface area contributed by atoms with Crippen LogP contribution in [0.1, 0.15) is 51.6 Å². The molecule has 1 fully saturated rings. The van der Waals surface area contributed by atoms with Crippen molar-refractivity contribution in [2.75, 3.05) is 20.1 Å². The Bertz CT molecular complexity index is 1070. The maximum atomic E-state index is 13.2. The van der Waals surface area contributed by atoms with Gasteiger partial charge in [0.15, 0.2) is 0 Å². The number of benzene rings is 1. The molecule has 0 aliphatic carbocycles. The molecule has 2 amide bonds. The summed E-state index contributed by atoms with van der Waals surface area (Å²) in [5.41, 5.74) is 1.65. The molecule has 2 aromatic heterocycles. The smallest absolute Gasteiger partial charge is 0.273 e. The number of likely N-dealkylation sites (tertiary alicyclic amines) is 1. The molecular weight excluding hydrogens is 380 g/mol. The summed E-state index contributed by atoms with van der Waals surface area (Å²) >= 11 is 0. The standard InChI is InChI=1S/C23H26N4O3/c1-15-20(16(2)30-25-15)22(28)27-13-6-8-18(11-14-27)26(3)23(29)21-19-9-5-4-7-17(19)10-12-24-21/h4-5,7,9-10,12,18H,6,8,11,13-14H2,1-3H3/t18-/m1/s1. The third-order valence-electron chi connectivity index (χ3n) is 5.98. The van der Waals surface area contributed by atoms with Gasteiger partial charge < -0.3 is 14.3 Å². The minimum Gasteiger partial charge on any atom is -0.361 e. The Balaban J connectivity index is 1.49. The molecule has 30 heavy (non-hydrogen) atoms. The molecule has 1 aromatic carbocycles. The highest BCUT2D eigenvalue weighted by Gasteiger charge is 2.29. The van der Waals surface area contributed by atoms with Crippen molar-refractivity contribution in [1.29, 1.82) is 0 Å². The molecule has 4 rings (SSSR count). The molecule has 0 saturated carbocycles. The van der Waals surface area contributed by atoms with E-state index < -0.39 is 0 Å². The maximum Gasteiger partial charge on any atom is 0.273 e. The molecule has 156 valence electrons. The number of carbonyl (C=O) groups is 2. The second kappa shape index (κ2) is 8.26. The number of hydrogen-bond acceptors (Lipinski definition) is 5. The van der Waals surface area contributed by atoms with Gasteiger partial charge in [-0.05, 0) is 44.6 Å². The summed E-state index contributed by atoms with van der Waals surface area (Å²) in [5.74, 6) is 0.423. The molecule has 7 heteroatoms. The predicted octanol–water partition coefficient (Wildman–Crippen LogP) is 3.61. The highest BCUT2D eigenvalue weighted by Crippen LogP contribution is 2.23. The van der Waals surface area contributed by atoms with Gasteiger partial charge in [-0.15, -0.1) is 0 Å². The summed E-state index contributed by atoms with van der Waals surface area (Å²) in [6.07, 6.45) is 4.08. The van der Waals surface area contributed by atoms with E-state index in [0.717, 1.165) is 30.0 Å². The number of nitrogens with zero attached hydrogens (tertiary/aromatic N) is 4. The Hall–Kier alpha value is -3.22. The van der Waals surface area contributed by atoms with Crippen molar-refractivity contribution in [2.45, 2.75) is 39.2 Å². The minimum absolute atomic E-state index is 0.0448. The normalized spacial score (nSPS) is 17.0. The largest absolute Gasteiger partial charge is 0.361 e. The van der Waals surface area contributed by atoms with Crippen LogP contribution >= 0.6 is 0 Å². The number of amides is 2. The molecule has 3 heterocycles. The highest BCUT2D eigenvalue weighted by atomic mass is 16.5. The highest BCUT2D eigenvalue weighted by molar-refractivity contribution is 6.05. The van der Waals surface area contributed by atoms with E-state index in [1.54, 1.807) is 24.9 Å². The van der Waals surface area contributed by atoms with Crippen molar-refractivity contribution >= 4 is 22.6 Å². The lowest BCUT2D eigenvalue weighted by Gasteiger charge is -2.27. The molecule has 0 N–H and O–H groups in total. The molecule has 0 radical (unpaired) electrons. The summed E-state index contributed by atoms with van der Waals surface area (Å²) in [5, 5.41) is 5.76. The number of aromatic nitrogens is 2. The van der Waals surface area contributed by atoms with E-state index in [1.807, 2.05) is 42.3 Å². The molecule has 1 aliphatic heterocycles. The number of hydrogen-bond donors (Lipinski definition) is 0. The van der Waals surface area contributed by atoms with Gasteiger partial charge in [0.1, 0.15) is 17.0 Å². The van der Waals surface area contributed by atoms with Crippen LogP contribution in [0, 0.1) is 13.8 Å². The van der Waals surface area contributed by atoms with Gasteiger partial charge in [0.25, 0.3) is 11.8 Å². The molecule has 0 bridgehead atoms. The first-order chi connectivity index (χ1) is 14.5. The third-order valence-corrected chi connectivity index (χ3v) is 5.98. The molecule has 3 aromatic rings. The van der Waals surface area contributed by atoms with Crippen molar-refractivity contribution in [2.24, 2.45) is 0 Å². The monoisotopic (exact) mass is 406 g/mol. The van der Waals surface area contributed by atoms with Crippen molar-refractivity contribution in [1.82, 2.24) is 19.9 Å². The van der Waals surface area contributed by atoms with Crippen LogP contribution in [-0.4, -0.2) is 57.9 Å². The second-order valence-electron chi connectivity index (χ2n) is 7.87. The maximum absolute atomic E-state index is 13.2. The van der Waals surface area contributed by atoms with Gasteiger partial charge in [0, 0.05) is 37.8 Å². The zero-order valence-corrected chi connectivity index (χ0v) is 17.6. The van der Waals surface area contributed by atoms with Gasteiger partial charge in [0.2, 0.25) is 0 Å². The Morgan fingerprint density at radius 1 is 1.13 bits per heavy atom. The van der Waals surface area contributed by atoms with Gasteiger partial charge in [-0.1, -0.05) is 29.4 Å². The number of fused-ring (bicyclic) bond motifs is 1. The molecule has 0 unspecified atom stereocenters. The first-order valence-corrected chi connectivity index (χ1v) is 10.3. The fourth-order valence-corrected chi connectivity index (χ4v) is 4.24. The zero-order valence-electron chi connectivity index (χ0n) is 17.6. The molecule has 1 saturated heterocycles. The van der Waals surface area contributed by atoms with Gasteiger partial charge >= 0.3 is 0 Å². The first-order valence-electron chi connectivity index (χ1n) is 10.3. The van der Waals surface area contributed by atoms with Crippen LogP contribution < -0.4 is 0 Å². The van der Waals surface area contributed by atoms with Crippen LogP contribution in [0.2, 0.25) is 0 Å². The van der Waals surface area contributed by atoms with Gasteiger partial charge in [-0.3, -0.25) is 14.6 Å². The van der Waals surface area contributed by atoms with E-state index in [0.29, 0.717) is 35.8 Å². The van der Waals surface area contributed by atoms with Crippen molar-refractivity contribution in [3.63, 3.8) is 0 Å². The lowest BCUT2D eigenvalue weighted by Crippen LogP contribution is -2.39. The fraction of sp³-hybridized carbons (Fsp3) is 0.391. The fourth-order valence-electron chi connectivity index (χ4n) is 4.24. The van der Waals surface area contributed by atoms with Crippen LogP contribution in [0.3, 0.4) is 0 Å². The second-order valence-corrected chi connectivity index (χ2v) is 7.87. The SMILES string of the molecule is Cc1noc(C)c1C(=O)N1CCC[C@@H](N(C)C(=O)c2nccc3ccccc23)CC1. The summed E-state index contributed by atoms with van der Waals surface area (Å²) < 4.78 is 5.16. The predicted molar refractivity (Wildman–Crippen MR) is 113 cm³/mol.